The molecule has 0 bridgehead atoms. The van der Waals surface area contributed by atoms with Crippen molar-refractivity contribution in [2.75, 3.05) is 0 Å². The van der Waals surface area contributed by atoms with Crippen LogP contribution in [0, 0.1) is 0 Å². The van der Waals surface area contributed by atoms with Crippen LogP contribution >= 0.6 is 9.24 Å². The highest BCUT2D eigenvalue weighted by Crippen LogP contribution is 2.14. The zero-order chi connectivity index (χ0) is 6.85. The fourth-order valence-corrected chi connectivity index (χ4v) is 0.899. The summed E-state index contributed by atoms with van der Waals surface area (Å²) in [7, 11) is 1.54. The molecule has 0 radical (unpaired) electrons. The molecule has 0 saturated heterocycles. The molecule has 0 aliphatic carbocycles. The molecule has 0 fully saturated rings. The van der Waals surface area contributed by atoms with Crippen LogP contribution in [0.15, 0.2) is 18.2 Å². The second-order valence-corrected chi connectivity index (χ2v) is 2.57. The van der Waals surface area contributed by atoms with Crippen LogP contribution in [0.25, 0.3) is 0 Å². The summed E-state index contributed by atoms with van der Waals surface area (Å²) in [5, 5.41) is 18.5. The molecule has 0 aliphatic heterocycles. The van der Waals surface area contributed by atoms with E-state index in [1.807, 2.05) is 0 Å². The number of hydrogen-bond donors (Lipinski definition) is 2. The second kappa shape index (κ2) is 2.24. The van der Waals surface area contributed by atoms with Crippen LogP contribution in [0.5, 0.6) is 11.5 Å². The summed E-state index contributed by atoms with van der Waals surface area (Å²) in [6, 6.07) is 4.44. The molecule has 3 heteroatoms. The average Bonchev–Trinajstić information content (AvgIpc) is 1.80. The monoisotopic (exact) mass is 143 g/mol. The number of phenols is 2. The molecule has 1 unspecified atom stereocenters. The molecule has 0 saturated carbocycles. The van der Waals surface area contributed by atoms with E-state index < -0.39 is 0 Å². The topological polar surface area (TPSA) is 40.5 Å². The highest BCUT2D eigenvalue weighted by molar-refractivity contribution is 7.27. The van der Waals surface area contributed by atoms with Crippen molar-refractivity contribution in [1.29, 1.82) is 0 Å². The normalized spacial score (nSPS) is 9.78. The fraction of sp³-hybridized carbons (Fsp3) is 0. The van der Waals surface area contributed by atoms with Crippen LogP contribution in [0.1, 0.15) is 0 Å². The summed E-state index contributed by atoms with van der Waals surface area (Å²) >= 11 is 0. The number of hydrogen-bond acceptors (Lipinski definition) is 2. The van der Waals surface area contributed by atoms with Crippen LogP contribution in [0.4, 0.5) is 0 Å². The fourth-order valence-electron chi connectivity index (χ4n) is 0.572. The van der Waals surface area contributed by atoms with Gasteiger partial charge in [0.25, 0.3) is 0 Å². The lowest BCUT2D eigenvalue weighted by molar-refractivity contribution is 0.464. The molecule has 48 valence electrons. The van der Waals surface area contributed by atoms with Crippen molar-refractivity contribution in [1.82, 2.24) is 0 Å². The predicted molar refractivity (Wildman–Crippen MR) is 40.5 cm³/mol. The maximum atomic E-state index is 8.94. The summed E-state index contributed by atoms with van der Waals surface area (Å²) in [5.74, 6) is 0.420. The van der Waals surface area contributed by atoms with Crippen LogP contribution in [0.2, 0.25) is 0 Å². The van der Waals surface area contributed by atoms with Gasteiger partial charge in [0.1, 0.15) is 11.1 Å². The van der Waals surface area contributed by atoms with Gasteiger partial charge >= 0.3 is 0 Å². The molecule has 0 aliphatic rings. The first-order chi connectivity index (χ1) is 4.20. The van der Waals surface area contributed by atoms with E-state index in [0.717, 1.165) is 5.30 Å². The molecule has 1 aromatic rings. The minimum Gasteiger partial charge on any atom is -0.508 e. The Balaban J connectivity index is 3.17. The smallest absolute Gasteiger partial charge is 0.157 e. The van der Waals surface area contributed by atoms with E-state index in [9.17, 15) is 0 Å². The third-order valence-corrected chi connectivity index (χ3v) is 1.63. The van der Waals surface area contributed by atoms with Crippen molar-refractivity contribution in [3.8, 4) is 11.5 Å². The first-order valence-electron chi connectivity index (χ1n) is 2.54. The third-order valence-electron chi connectivity index (χ3n) is 1.06. The van der Waals surface area contributed by atoms with Gasteiger partial charge in [0.05, 0.1) is 0 Å². The van der Waals surface area contributed by atoms with Gasteiger partial charge in [-0.1, -0.05) is 0 Å². The van der Waals surface area contributed by atoms with Gasteiger partial charge in [-0.05, 0) is 12.1 Å². The minimum atomic E-state index is 0.192. The summed E-state index contributed by atoms with van der Waals surface area (Å²) in [6.45, 7) is 0. The van der Waals surface area contributed by atoms with Crippen molar-refractivity contribution in [3.63, 3.8) is 0 Å². The van der Waals surface area contributed by atoms with E-state index in [-0.39, 0.29) is 11.5 Å². The van der Waals surface area contributed by atoms with E-state index >= 15 is 0 Å². The Morgan fingerprint density at radius 2 is 1.89 bits per heavy atom. The molecule has 1 atom stereocenters. The third kappa shape index (κ3) is 1.33. The number of phenolic OH excluding ortho intramolecular Hbond substituents is 2. The number of rotatable bonds is 0. The molecule has 0 heterocycles. The second-order valence-electron chi connectivity index (χ2n) is 1.81. The molecule has 9 heavy (non-hydrogen) atoms. The Labute approximate surface area is 55.3 Å². The average molecular weight is 143 g/mol. The maximum absolute atomic E-state index is 8.94. The lowest BCUT2D eigenvalue weighted by atomic mass is 10.3. The van der Waals surface area contributed by atoms with Crippen molar-refractivity contribution >= 4 is 14.5 Å². The van der Waals surface area contributed by atoms with Gasteiger partial charge in [-0.2, -0.15) is 0 Å². The highest BCUT2D eigenvalue weighted by Gasteiger charge is 1.98. The van der Waals surface area contributed by atoms with Crippen LogP contribution in [-0.2, 0) is 0 Å². The molecule has 0 spiro atoms. The van der Waals surface area contributed by atoms with E-state index in [4.69, 9.17) is 10.2 Å². The molecule has 1 aromatic carbocycles. The van der Waals surface area contributed by atoms with Gasteiger partial charge < -0.3 is 10.2 Å². The Hall–Kier alpha value is -0.750. The van der Waals surface area contributed by atoms with Crippen molar-refractivity contribution in [2.24, 2.45) is 0 Å². The van der Waals surface area contributed by atoms with Crippen molar-refractivity contribution in [3.05, 3.63) is 18.2 Å². The molecule has 0 aromatic heterocycles. The first kappa shape index (κ1) is 6.37. The van der Waals surface area contributed by atoms with E-state index in [1.54, 1.807) is 0 Å². The Morgan fingerprint density at radius 1 is 1.22 bits per heavy atom. The quantitative estimate of drug-likeness (QED) is 0.406. The Bertz CT molecular complexity index is 222. The van der Waals surface area contributed by atoms with Crippen molar-refractivity contribution < 1.29 is 10.2 Å². The molecule has 1 rings (SSSR count). The summed E-state index contributed by atoms with van der Waals surface area (Å²) in [5.41, 5.74) is 0. The Morgan fingerprint density at radius 3 is 2.33 bits per heavy atom. The van der Waals surface area contributed by atoms with Crippen LogP contribution in [-0.4, -0.2) is 10.2 Å². The zero-order valence-corrected chi connectivity index (χ0v) is 6.25. The summed E-state index contributed by atoms with van der Waals surface area (Å²) < 4.78 is 0. The van der Waals surface area contributed by atoms with E-state index in [0.29, 0.717) is 0 Å². The Kier molecular flexibility index (Phi) is 1.58. The van der Waals surface area contributed by atoms with Gasteiger partial charge in [0.15, 0.2) is 5.75 Å². The molecular formula is C6H8O2P+. The zero-order valence-electron chi connectivity index (χ0n) is 4.83. The largest absolute Gasteiger partial charge is 0.508 e. The summed E-state index contributed by atoms with van der Waals surface area (Å²) in [6.07, 6.45) is 0. The van der Waals surface area contributed by atoms with Gasteiger partial charge in [0.2, 0.25) is 0 Å². The summed E-state index contributed by atoms with van der Waals surface area (Å²) in [4.78, 5) is 0. The molecule has 2 nitrogen and oxygen atoms in total. The molecular weight excluding hydrogens is 135 g/mol. The van der Waals surface area contributed by atoms with E-state index in [2.05, 4.69) is 0 Å². The SMILES string of the molecule is Oc1ccc(O)c([PH3+])c1. The van der Waals surface area contributed by atoms with Gasteiger partial charge in [-0.15, -0.1) is 0 Å². The number of aromatic hydroxyl groups is 2. The first-order valence-corrected chi connectivity index (χ1v) is 3.25. The maximum Gasteiger partial charge on any atom is 0.157 e. The lowest BCUT2D eigenvalue weighted by Crippen LogP contribution is -1.88. The van der Waals surface area contributed by atoms with Crippen molar-refractivity contribution in [2.45, 2.75) is 0 Å². The molecule has 0 amide bonds. The number of benzene rings is 1. The lowest BCUT2D eigenvalue weighted by Gasteiger charge is -1.92. The van der Waals surface area contributed by atoms with Crippen LogP contribution in [0.3, 0.4) is 0 Å². The molecule has 2 N–H and O–H groups in total. The predicted octanol–water partition coefficient (Wildman–Crippen LogP) is 0.330. The van der Waals surface area contributed by atoms with Crippen LogP contribution < -0.4 is 5.30 Å². The standard InChI is InChI=1S/C6H7O2P/c7-4-1-2-5(8)6(9)3-4/h1-3,7-8H,9H2/p+1. The van der Waals surface area contributed by atoms with Gasteiger partial charge in [-0.3, -0.25) is 0 Å². The van der Waals surface area contributed by atoms with E-state index in [1.165, 1.54) is 27.4 Å². The minimum absolute atomic E-state index is 0.192. The van der Waals surface area contributed by atoms with Gasteiger partial charge in [-0.25, -0.2) is 0 Å². The highest BCUT2D eigenvalue weighted by atomic mass is 31.0. The van der Waals surface area contributed by atoms with Gasteiger partial charge in [0, 0.05) is 15.3 Å².